The highest BCUT2D eigenvalue weighted by Gasteiger charge is 2.12. The van der Waals surface area contributed by atoms with Gasteiger partial charge in [0.2, 0.25) is 0 Å². The molecule has 0 saturated carbocycles. The third-order valence-corrected chi connectivity index (χ3v) is 3.55. The number of alkyl halides is 1. The second-order valence-electron chi connectivity index (χ2n) is 4.93. The topological polar surface area (TPSA) is 29.1 Å². The van der Waals surface area contributed by atoms with Gasteiger partial charge in [-0.1, -0.05) is 31.2 Å². The minimum atomic E-state index is -0.312. The van der Waals surface area contributed by atoms with Crippen molar-refractivity contribution in [3.8, 4) is 0 Å². The average Bonchev–Trinajstić information content (AvgIpc) is 2.46. The van der Waals surface area contributed by atoms with Crippen molar-refractivity contribution in [1.82, 2.24) is 5.32 Å². The molecule has 0 aliphatic rings. The molecule has 0 fully saturated rings. The molecule has 0 aromatic heterocycles. The second kappa shape index (κ2) is 6.71. The first-order valence-corrected chi connectivity index (χ1v) is 7.18. The van der Waals surface area contributed by atoms with Crippen molar-refractivity contribution in [1.29, 1.82) is 0 Å². The molecule has 1 unspecified atom stereocenters. The maximum atomic E-state index is 13.7. The summed E-state index contributed by atoms with van der Waals surface area (Å²) in [5.41, 5.74) is 0.500. The van der Waals surface area contributed by atoms with Crippen molar-refractivity contribution < 1.29 is 9.18 Å². The Hall–Kier alpha value is -1.61. The SMILES string of the molecule is CC(CCCl)CNC(=O)c1ccc(F)c2ccccc12. The molecule has 20 heavy (non-hydrogen) atoms. The molecule has 106 valence electrons. The molecule has 0 radical (unpaired) electrons. The summed E-state index contributed by atoms with van der Waals surface area (Å²) in [6.07, 6.45) is 0.853. The fourth-order valence-corrected chi connectivity index (χ4v) is 2.48. The van der Waals surface area contributed by atoms with Crippen LogP contribution in [0.4, 0.5) is 4.39 Å². The molecule has 0 bridgehead atoms. The number of halogens is 2. The van der Waals surface area contributed by atoms with Gasteiger partial charge in [-0.15, -0.1) is 11.6 Å². The number of nitrogens with one attached hydrogen (secondary N) is 1. The Bertz CT molecular complexity index is 614. The quantitative estimate of drug-likeness (QED) is 0.830. The molecular formula is C16H17ClFNO. The fraction of sp³-hybridized carbons (Fsp3) is 0.312. The van der Waals surface area contributed by atoms with Crippen LogP contribution in [0.15, 0.2) is 36.4 Å². The van der Waals surface area contributed by atoms with Crippen LogP contribution in [0.2, 0.25) is 0 Å². The van der Waals surface area contributed by atoms with Gasteiger partial charge in [0.1, 0.15) is 5.82 Å². The van der Waals surface area contributed by atoms with Crippen molar-refractivity contribution in [2.45, 2.75) is 13.3 Å². The van der Waals surface area contributed by atoms with Crippen LogP contribution in [0.3, 0.4) is 0 Å². The molecular weight excluding hydrogens is 277 g/mol. The maximum Gasteiger partial charge on any atom is 0.251 e. The van der Waals surface area contributed by atoms with Crippen LogP contribution in [0.25, 0.3) is 10.8 Å². The number of carbonyl (C=O) groups is 1. The lowest BCUT2D eigenvalue weighted by Gasteiger charge is -2.12. The van der Waals surface area contributed by atoms with Gasteiger partial charge in [-0.05, 0) is 29.9 Å². The Kier molecular flexibility index (Phi) is 4.96. The molecule has 4 heteroatoms. The van der Waals surface area contributed by atoms with Gasteiger partial charge in [0.15, 0.2) is 0 Å². The number of hydrogen-bond acceptors (Lipinski definition) is 1. The highest BCUT2D eigenvalue weighted by molar-refractivity contribution is 6.17. The molecule has 0 spiro atoms. The third kappa shape index (κ3) is 3.28. The van der Waals surface area contributed by atoms with Crippen LogP contribution in [0.1, 0.15) is 23.7 Å². The predicted octanol–water partition coefficient (Wildman–Crippen LogP) is 3.97. The molecule has 2 aromatic carbocycles. The molecule has 2 nitrogen and oxygen atoms in total. The lowest BCUT2D eigenvalue weighted by molar-refractivity contribution is 0.0949. The fourth-order valence-electron chi connectivity index (χ4n) is 2.11. The van der Waals surface area contributed by atoms with Gasteiger partial charge < -0.3 is 5.32 Å². The summed E-state index contributed by atoms with van der Waals surface area (Å²) in [6, 6.07) is 9.86. The Morgan fingerprint density at radius 1 is 1.25 bits per heavy atom. The Morgan fingerprint density at radius 3 is 2.65 bits per heavy atom. The van der Waals surface area contributed by atoms with E-state index in [-0.39, 0.29) is 11.7 Å². The zero-order valence-electron chi connectivity index (χ0n) is 11.3. The van der Waals surface area contributed by atoms with Gasteiger partial charge in [0.25, 0.3) is 5.91 Å². The molecule has 0 aliphatic carbocycles. The third-order valence-electron chi connectivity index (χ3n) is 3.33. The number of carbonyl (C=O) groups excluding carboxylic acids is 1. The number of amides is 1. The van der Waals surface area contributed by atoms with Gasteiger partial charge in [0, 0.05) is 23.4 Å². The van der Waals surface area contributed by atoms with E-state index in [2.05, 4.69) is 5.32 Å². The van der Waals surface area contributed by atoms with E-state index in [1.54, 1.807) is 24.3 Å². The highest BCUT2D eigenvalue weighted by Crippen LogP contribution is 2.21. The molecule has 0 saturated heterocycles. The van der Waals surface area contributed by atoms with E-state index >= 15 is 0 Å². The minimum Gasteiger partial charge on any atom is -0.352 e. The van der Waals surface area contributed by atoms with Crippen LogP contribution >= 0.6 is 11.6 Å². The van der Waals surface area contributed by atoms with Gasteiger partial charge in [0.05, 0.1) is 0 Å². The monoisotopic (exact) mass is 293 g/mol. The van der Waals surface area contributed by atoms with Crippen LogP contribution < -0.4 is 5.32 Å². The van der Waals surface area contributed by atoms with Gasteiger partial charge in [-0.3, -0.25) is 4.79 Å². The average molecular weight is 294 g/mol. The summed E-state index contributed by atoms with van der Waals surface area (Å²) in [5, 5.41) is 3.98. The summed E-state index contributed by atoms with van der Waals surface area (Å²) >= 11 is 5.67. The second-order valence-corrected chi connectivity index (χ2v) is 5.31. The minimum absolute atomic E-state index is 0.178. The summed E-state index contributed by atoms with van der Waals surface area (Å²) in [6.45, 7) is 2.60. The molecule has 1 atom stereocenters. The van der Waals surface area contributed by atoms with Crippen molar-refractivity contribution in [3.05, 3.63) is 47.8 Å². The largest absolute Gasteiger partial charge is 0.352 e. The van der Waals surface area contributed by atoms with E-state index in [1.807, 2.05) is 6.92 Å². The smallest absolute Gasteiger partial charge is 0.251 e. The first-order valence-electron chi connectivity index (χ1n) is 6.65. The summed E-state index contributed by atoms with van der Waals surface area (Å²) in [4.78, 5) is 12.2. The van der Waals surface area contributed by atoms with Gasteiger partial charge >= 0.3 is 0 Å². The van der Waals surface area contributed by atoms with Crippen molar-refractivity contribution in [2.75, 3.05) is 12.4 Å². The molecule has 2 aromatic rings. The van der Waals surface area contributed by atoms with Crippen LogP contribution in [0, 0.1) is 11.7 Å². The lowest BCUT2D eigenvalue weighted by atomic mass is 10.0. The number of rotatable bonds is 5. The van der Waals surface area contributed by atoms with Gasteiger partial charge in [-0.25, -0.2) is 4.39 Å². The Labute approximate surface area is 122 Å². The standard InChI is InChI=1S/C16H17ClFNO/c1-11(8-9-17)10-19-16(20)14-6-7-15(18)13-5-3-2-4-12(13)14/h2-7,11H,8-10H2,1H3,(H,19,20). The van der Waals surface area contributed by atoms with Crippen molar-refractivity contribution >= 4 is 28.3 Å². The van der Waals surface area contributed by atoms with E-state index in [0.717, 1.165) is 6.42 Å². The number of benzene rings is 2. The normalized spacial score (nSPS) is 12.3. The summed E-state index contributed by atoms with van der Waals surface area (Å²) in [7, 11) is 0. The van der Waals surface area contributed by atoms with E-state index in [4.69, 9.17) is 11.6 Å². The molecule has 2 rings (SSSR count). The van der Waals surface area contributed by atoms with Crippen molar-refractivity contribution in [2.24, 2.45) is 5.92 Å². The number of hydrogen-bond donors (Lipinski definition) is 1. The van der Waals surface area contributed by atoms with E-state index < -0.39 is 0 Å². The number of fused-ring (bicyclic) bond motifs is 1. The highest BCUT2D eigenvalue weighted by atomic mass is 35.5. The lowest BCUT2D eigenvalue weighted by Crippen LogP contribution is -2.28. The van der Waals surface area contributed by atoms with E-state index in [9.17, 15) is 9.18 Å². The van der Waals surface area contributed by atoms with Crippen molar-refractivity contribution in [3.63, 3.8) is 0 Å². The molecule has 1 amide bonds. The first-order chi connectivity index (χ1) is 9.63. The molecule has 1 N–H and O–H groups in total. The summed E-state index contributed by atoms with van der Waals surface area (Å²) < 4.78 is 13.7. The molecule has 0 heterocycles. The predicted molar refractivity (Wildman–Crippen MR) is 80.7 cm³/mol. The Balaban J connectivity index is 2.20. The molecule has 0 aliphatic heterocycles. The van der Waals surface area contributed by atoms with E-state index in [1.165, 1.54) is 12.1 Å². The Morgan fingerprint density at radius 2 is 1.95 bits per heavy atom. The van der Waals surface area contributed by atoms with Gasteiger partial charge in [-0.2, -0.15) is 0 Å². The maximum absolute atomic E-state index is 13.7. The van der Waals surface area contributed by atoms with E-state index in [0.29, 0.717) is 34.7 Å². The van der Waals surface area contributed by atoms with Crippen LogP contribution in [-0.2, 0) is 0 Å². The zero-order chi connectivity index (χ0) is 14.5. The van der Waals surface area contributed by atoms with Crippen LogP contribution in [0.5, 0.6) is 0 Å². The van der Waals surface area contributed by atoms with Crippen LogP contribution in [-0.4, -0.2) is 18.3 Å². The first kappa shape index (κ1) is 14.8. The summed E-state index contributed by atoms with van der Waals surface area (Å²) in [5.74, 6) is 0.412. The zero-order valence-corrected chi connectivity index (χ0v) is 12.1.